The molecule has 0 fully saturated rings. The first kappa shape index (κ1) is 16.4. The van der Waals surface area contributed by atoms with Crippen LogP contribution in [0.4, 0.5) is 17.6 Å². The summed E-state index contributed by atoms with van der Waals surface area (Å²) < 4.78 is 51.6. The van der Waals surface area contributed by atoms with Crippen molar-refractivity contribution < 1.29 is 27.5 Å². The Bertz CT molecular complexity index is 468. The maximum atomic E-state index is 13.8. The summed E-state index contributed by atoms with van der Waals surface area (Å²) in [5, 5.41) is 8.84. The van der Waals surface area contributed by atoms with E-state index in [1.54, 1.807) is 6.92 Å². The van der Waals surface area contributed by atoms with Gasteiger partial charge in [0, 0.05) is 13.1 Å². The van der Waals surface area contributed by atoms with E-state index in [1.165, 1.54) is 0 Å². The Hall–Kier alpha value is -1.63. The van der Waals surface area contributed by atoms with Crippen LogP contribution >= 0.6 is 0 Å². The van der Waals surface area contributed by atoms with E-state index < -0.39 is 29.0 Å². The highest BCUT2D eigenvalue weighted by atomic mass is 19.4. The Morgan fingerprint density at radius 1 is 1.30 bits per heavy atom. The quantitative estimate of drug-likeness (QED) is 0.848. The summed E-state index contributed by atoms with van der Waals surface area (Å²) >= 11 is 0. The molecule has 0 saturated carbocycles. The lowest BCUT2D eigenvalue weighted by molar-refractivity contribution is -0.140. The monoisotopic (exact) mass is 293 g/mol. The minimum atomic E-state index is -4.85. The Labute approximate surface area is 113 Å². The van der Waals surface area contributed by atoms with Crippen molar-refractivity contribution >= 4 is 5.91 Å². The van der Waals surface area contributed by atoms with Crippen LogP contribution in [0.15, 0.2) is 18.2 Å². The zero-order chi connectivity index (χ0) is 15.3. The summed E-state index contributed by atoms with van der Waals surface area (Å²) in [7, 11) is 0. The normalized spacial score (nSPS) is 11.5. The minimum Gasteiger partial charge on any atom is -0.395 e. The highest BCUT2D eigenvalue weighted by Crippen LogP contribution is 2.32. The first-order chi connectivity index (χ1) is 9.32. The number of nitrogens with zero attached hydrogens (tertiary/aromatic N) is 1. The van der Waals surface area contributed by atoms with Crippen molar-refractivity contribution in [3.05, 3.63) is 35.1 Å². The average molecular weight is 293 g/mol. The van der Waals surface area contributed by atoms with E-state index in [9.17, 15) is 22.4 Å². The van der Waals surface area contributed by atoms with E-state index in [2.05, 4.69) is 0 Å². The second-order valence-electron chi connectivity index (χ2n) is 4.18. The molecule has 0 heterocycles. The predicted molar refractivity (Wildman–Crippen MR) is 64.7 cm³/mol. The Morgan fingerprint density at radius 2 is 1.95 bits per heavy atom. The fraction of sp³-hybridized carbons (Fsp3) is 0.462. The third kappa shape index (κ3) is 3.69. The minimum absolute atomic E-state index is 0.0532. The van der Waals surface area contributed by atoms with Crippen molar-refractivity contribution in [2.75, 3.05) is 19.7 Å². The number of alkyl halides is 3. The standard InChI is InChI=1S/C13H15F4NO2/c1-2-6-18(7-8-19)12(20)9-4-3-5-10(11(9)14)13(15,16)17/h3-5,19H,2,6-8H2,1H3. The van der Waals surface area contributed by atoms with Crippen LogP contribution in [0.2, 0.25) is 0 Å². The van der Waals surface area contributed by atoms with Crippen molar-refractivity contribution in [2.24, 2.45) is 0 Å². The molecule has 1 rings (SSSR count). The van der Waals surface area contributed by atoms with Gasteiger partial charge in [0.05, 0.1) is 17.7 Å². The van der Waals surface area contributed by atoms with E-state index in [-0.39, 0.29) is 19.7 Å². The van der Waals surface area contributed by atoms with Crippen molar-refractivity contribution in [1.29, 1.82) is 0 Å². The van der Waals surface area contributed by atoms with Gasteiger partial charge in [-0.05, 0) is 18.6 Å². The fourth-order valence-corrected chi connectivity index (χ4v) is 1.79. The van der Waals surface area contributed by atoms with E-state index in [1.807, 2.05) is 0 Å². The molecule has 0 aliphatic carbocycles. The number of aliphatic hydroxyl groups is 1. The summed E-state index contributed by atoms with van der Waals surface area (Å²) in [6.07, 6.45) is -4.31. The molecule has 112 valence electrons. The Kier molecular flexibility index (Phi) is 5.50. The molecule has 0 atom stereocenters. The van der Waals surface area contributed by atoms with Crippen molar-refractivity contribution in [3.8, 4) is 0 Å². The third-order valence-electron chi connectivity index (χ3n) is 2.69. The molecule has 20 heavy (non-hydrogen) atoms. The van der Waals surface area contributed by atoms with E-state index in [0.717, 1.165) is 17.0 Å². The van der Waals surface area contributed by atoms with Crippen molar-refractivity contribution in [1.82, 2.24) is 4.90 Å². The van der Waals surface area contributed by atoms with Crippen LogP contribution in [0.25, 0.3) is 0 Å². The van der Waals surface area contributed by atoms with Gasteiger partial charge in [0.1, 0.15) is 5.82 Å². The molecule has 3 nitrogen and oxygen atoms in total. The van der Waals surface area contributed by atoms with Crippen LogP contribution in [-0.4, -0.2) is 35.6 Å². The molecule has 0 spiro atoms. The van der Waals surface area contributed by atoms with Crippen LogP contribution in [0.5, 0.6) is 0 Å². The summed E-state index contributed by atoms with van der Waals surface area (Å²) in [4.78, 5) is 13.2. The molecule has 7 heteroatoms. The highest BCUT2D eigenvalue weighted by Gasteiger charge is 2.36. The molecule has 0 bridgehead atoms. The van der Waals surface area contributed by atoms with Crippen LogP contribution in [-0.2, 0) is 6.18 Å². The number of rotatable bonds is 5. The van der Waals surface area contributed by atoms with Gasteiger partial charge in [0.15, 0.2) is 0 Å². The smallest absolute Gasteiger partial charge is 0.395 e. The molecule has 1 N–H and O–H groups in total. The molecule has 1 aromatic rings. The molecule has 0 unspecified atom stereocenters. The maximum Gasteiger partial charge on any atom is 0.419 e. The number of carbonyl (C=O) groups is 1. The van der Waals surface area contributed by atoms with Crippen molar-refractivity contribution in [3.63, 3.8) is 0 Å². The van der Waals surface area contributed by atoms with Crippen LogP contribution in [0, 0.1) is 5.82 Å². The number of hydrogen-bond acceptors (Lipinski definition) is 2. The zero-order valence-electron chi connectivity index (χ0n) is 10.9. The number of aliphatic hydroxyl groups excluding tert-OH is 1. The van der Waals surface area contributed by atoms with Gasteiger partial charge in [-0.3, -0.25) is 4.79 Å². The zero-order valence-corrected chi connectivity index (χ0v) is 10.9. The summed E-state index contributed by atoms with van der Waals surface area (Å²) in [6, 6.07) is 2.58. The van der Waals surface area contributed by atoms with E-state index in [4.69, 9.17) is 5.11 Å². The molecular formula is C13H15F4NO2. The molecule has 1 aromatic carbocycles. The first-order valence-electron chi connectivity index (χ1n) is 6.08. The topological polar surface area (TPSA) is 40.5 Å². The van der Waals surface area contributed by atoms with Gasteiger partial charge in [-0.1, -0.05) is 13.0 Å². The summed E-state index contributed by atoms with van der Waals surface area (Å²) in [6.45, 7) is 1.60. The molecule has 0 aliphatic rings. The molecule has 1 amide bonds. The molecule has 0 radical (unpaired) electrons. The number of benzene rings is 1. The van der Waals surface area contributed by atoms with Gasteiger partial charge in [0.25, 0.3) is 5.91 Å². The SMILES string of the molecule is CCCN(CCO)C(=O)c1cccc(C(F)(F)F)c1F. The van der Waals surface area contributed by atoms with Gasteiger partial charge in [0.2, 0.25) is 0 Å². The molecular weight excluding hydrogens is 278 g/mol. The lowest BCUT2D eigenvalue weighted by Gasteiger charge is -2.22. The fourth-order valence-electron chi connectivity index (χ4n) is 1.79. The van der Waals surface area contributed by atoms with Gasteiger partial charge in [-0.15, -0.1) is 0 Å². The lowest BCUT2D eigenvalue weighted by atomic mass is 10.1. The third-order valence-corrected chi connectivity index (χ3v) is 2.69. The predicted octanol–water partition coefficient (Wildman–Crippen LogP) is 2.69. The van der Waals surface area contributed by atoms with E-state index in [0.29, 0.717) is 12.5 Å². The van der Waals surface area contributed by atoms with Gasteiger partial charge >= 0.3 is 6.18 Å². The largest absolute Gasteiger partial charge is 0.419 e. The Morgan fingerprint density at radius 3 is 2.45 bits per heavy atom. The number of halogens is 4. The second kappa shape index (κ2) is 6.69. The van der Waals surface area contributed by atoms with Crippen LogP contribution in [0.3, 0.4) is 0 Å². The number of hydrogen-bond donors (Lipinski definition) is 1. The summed E-state index contributed by atoms with van der Waals surface area (Å²) in [5.41, 5.74) is -2.11. The molecule has 0 saturated heterocycles. The average Bonchev–Trinajstić information content (AvgIpc) is 2.36. The molecule has 0 aliphatic heterocycles. The lowest BCUT2D eigenvalue weighted by Crippen LogP contribution is -2.35. The van der Waals surface area contributed by atoms with Gasteiger partial charge in [-0.25, -0.2) is 4.39 Å². The molecule has 0 aromatic heterocycles. The van der Waals surface area contributed by atoms with Crippen LogP contribution < -0.4 is 0 Å². The number of carbonyl (C=O) groups excluding carboxylic acids is 1. The van der Waals surface area contributed by atoms with Crippen molar-refractivity contribution in [2.45, 2.75) is 19.5 Å². The number of amides is 1. The Balaban J connectivity index is 3.16. The van der Waals surface area contributed by atoms with E-state index >= 15 is 0 Å². The van der Waals surface area contributed by atoms with Gasteiger partial charge in [-0.2, -0.15) is 13.2 Å². The highest BCUT2D eigenvalue weighted by molar-refractivity contribution is 5.94. The van der Waals surface area contributed by atoms with Crippen LogP contribution in [0.1, 0.15) is 29.3 Å². The first-order valence-corrected chi connectivity index (χ1v) is 6.08. The maximum absolute atomic E-state index is 13.8. The van der Waals surface area contributed by atoms with Gasteiger partial charge < -0.3 is 10.0 Å². The second-order valence-corrected chi connectivity index (χ2v) is 4.18. The summed E-state index contributed by atoms with van der Waals surface area (Å²) in [5.74, 6) is -2.44.